The summed E-state index contributed by atoms with van der Waals surface area (Å²) in [6.07, 6.45) is 48.0. The van der Waals surface area contributed by atoms with E-state index in [2.05, 4.69) is 69.4 Å². The fourth-order valence-corrected chi connectivity index (χ4v) is 6.02. The molecule has 1 atom stereocenters. The standard InChI is InChI=1S/C47H82O6/c1-4-7-10-13-16-19-22-24-26-28-31-34-37-40-46(49)52-43-44(42-51-45(48)39-36-33-30-27-21-18-15-12-9-6-3)53-47(50)41-38-35-32-29-25-23-20-17-14-11-8-5-2/h7,10,13,16-17,19-20,22,44H,4-6,8-9,11-12,14-15,18,21,23-43H2,1-3H3/b10-7-,16-13-,20-17-,22-19-. The van der Waals surface area contributed by atoms with Crippen molar-refractivity contribution in [2.75, 3.05) is 13.2 Å². The Kier molecular flexibility index (Phi) is 40.0. The topological polar surface area (TPSA) is 78.9 Å². The summed E-state index contributed by atoms with van der Waals surface area (Å²) in [6, 6.07) is 0. The zero-order chi connectivity index (χ0) is 38.7. The normalized spacial score (nSPS) is 12.4. The molecule has 0 heterocycles. The third-order valence-electron chi connectivity index (χ3n) is 9.38. The Labute approximate surface area is 327 Å². The third-order valence-corrected chi connectivity index (χ3v) is 9.38. The first-order valence-electron chi connectivity index (χ1n) is 22.2. The van der Waals surface area contributed by atoms with E-state index < -0.39 is 6.10 Å². The van der Waals surface area contributed by atoms with Gasteiger partial charge < -0.3 is 14.2 Å². The van der Waals surface area contributed by atoms with E-state index in [0.717, 1.165) is 96.3 Å². The molecule has 0 bridgehead atoms. The molecule has 0 amide bonds. The van der Waals surface area contributed by atoms with E-state index in [0.29, 0.717) is 19.3 Å². The van der Waals surface area contributed by atoms with Crippen LogP contribution in [-0.4, -0.2) is 37.2 Å². The summed E-state index contributed by atoms with van der Waals surface area (Å²) in [5, 5.41) is 0. The van der Waals surface area contributed by atoms with E-state index in [1.807, 2.05) is 0 Å². The molecule has 0 aliphatic carbocycles. The van der Waals surface area contributed by atoms with Crippen LogP contribution in [0.1, 0.15) is 213 Å². The Balaban J connectivity index is 4.41. The van der Waals surface area contributed by atoms with Crippen LogP contribution in [0.4, 0.5) is 0 Å². The molecule has 0 N–H and O–H groups in total. The smallest absolute Gasteiger partial charge is 0.306 e. The molecular formula is C47H82O6. The SMILES string of the molecule is CC\C=C/C=C\C=C/CCCCCCCC(=O)OCC(COC(=O)CCCCCCCCCCCC)OC(=O)CCCCCCC/C=C\CCCCC. The van der Waals surface area contributed by atoms with Crippen LogP contribution in [0.25, 0.3) is 0 Å². The molecule has 0 aromatic heterocycles. The molecule has 6 heteroatoms. The number of ether oxygens (including phenoxy) is 3. The highest BCUT2D eigenvalue weighted by atomic mass is 16.6. The van der Waals surface area contributed by atoms with Gasteiger partial charge in [-0.1, -0.05) is 179 Å². The van der Waals surface area contributed by atoms with Gasteiger partial charge in [0.15, 0.2) is 6.10 Å². The molecule has 6 nitrogen and oxygen atoms in total. The van der Waals surface area contributed by atoms with Gasteiger partial charge in [0, 0.05) is 19.3 Å². The average molecular weight is 743 g/mol. The number of esters is 3. The lowest BCUT2D eigenvalue weighted by Gasteiger charge is -2.18. The van der Waals surface area contributed by atoms with Crippen molar-refractivity contribution >= 4 is 17.9 Å². The van der Waals surface area contributed by atoms with Gasteiger partial charge in [-0.25, -0.2) is 0 Å². The average Bonchev–Trinajstić information content (AvgIpc) is 3.15. The molecule has 0 aromatic rings. The van der Waals surface area contributed by atoms with Crippen molar-refractivity contribution in [3.8, 4) is 0 Å². The summed E-state index contributed by atoms with van der Waals surface area (Å²) in [4.78, 5) is 37.6. The maximum absolute atomic E-state index is 12.7. The highest BCUT2D eigenvalue weighted by Crippen LogP contribution is 2.14. The predicted molar refractivity (Wildman–Crippen MR) is 224 cm³/mol. The van der Waals surface area contributed by atoms with Gasteiger partial charge in [0.05, 0.1) is 0 Å². The minimum absolute atomic E-state index is 0.0821. The molecule has 0 radical (unpaired) electrons. The second kappa shape index (κ2) is 42.1. The van der Waals surface area contributed by atoms with Crippen LogP contribution >= 0.6 is 0 Å². The van der Waals surface area contributed by atoms with E-state index in [9.17, 15) is 14.4 Å². The van der Waals surface area contributed by atoms with Gasteiger partial charge >= 0.3 is 17.9 Å². The second-order valence-electron chi connectivity index (χ2n) is 14.6. The van der Waals surface area contributed by atoms with E-state index in [-0.39, 0.29) is 31.1 Å². The lowest BCUT2D eigenvalue weighted by atomic mass is 10.1. The Morgan fingerprint density at radius 1 is 0.396 bits per heavy atom. The van der Waals surface area contributed by atoms with Crippen molar-refractivity contribution in [1.29, 1.82) is 0 Å². The molecule has 0 aromatic carbocycles. The molecular weight excluding hydrogens is 661 g/mol. The molecule has 0 saturated heterocycles. The first-order valence-corrected chi connectivity index (χ1v) is 22.2. The summed E-state index contributed by atoms with van der Waals surface area (Å²) in [5.41, 5.74) is 0. The highest BCUT2D eigenvalue weighted by Gasteiger charge is 2.19. The van der Waals surface area contributed by atoms with E-state index >= 15 is 0 Å². The lowest BCUT2D eigenvalue weighted by molar-refractivity contribution is -0.167. The molecule has 306 valence electrons. The number of hydrogen-bond acceptors (Lipinski definition) is 6. The minimum atomic E-state index is -0.780. The van der Waals surface area contributed by atoms with Gasteiger partial charge in [-0.3, -0.25) is 14.4 Å². The van der Waals surface area contributed by atoms with Crippen molar-refractivity contribution in [2.45, 2.75) is 219 Å². The molecule has 0 fully saturated rings. The van der Waals surface area contributed by atoms with Gasteiger partial charge in [0.2, 0.25) is 0 Å². The van der Waals surface area contributed by atoms with Gasteiger partial charge in [0.1, 0.15) is 13.2 Å². The summed E-state index contributed by atoms with van der Waals surface area (Å²) >= 11 is 0. The van der Waals surface area contributed by atoms with E-state index in [4.69, 9.17) is 14.2 Å². The fourth-order valence-electron chi connectivity index (χ4n) is 6.02. The van der Waals surface area contributed by atoms with Crippen LogP contribution in [0.3, 0.4) is 0 Å². The van der Waals surface area contributed by atoms with Crippen LogP contribution in [0, 0.1) is 0 Å². The summed E-state index contributed by atoms with van der Waals surface area (Å²) < 4.78 is 16.7. The first-order chi connectivity index (χ1) is 26.0. The number of hydrogen-bond donors (Lipinski definition) is 0. The van der Waals surface area contributed by atoms with Gasteiger partial charge in [-0.05, 0) is 64.2 Å². The van der Waals surface area contributed by atoms with Crippen LogP contribution in [-0.2, 0) is 28.6 Å². The maximum atomic E-state index is 12.7. The molecule has 53 heavy (non-hydrogen) atoms. The largest absolute Gasteiger partial charge is 0.462 e. The van der Waals surface area contributed by atoms with Crippen LogP contribution in [0.15, 0.2) is 48.6 Å². The zero-order valence-electron chi connectivity index (χ0n) is 34.8. The molecule has 0 saturated carbocycles. The second-order valence-corrected chi connectivity index (χ2v) is 14.6. The monoisotopic (exact) mass is 743 g/mol. The number of carbonyl (C=O) groups excluding carboxylic acids is 3. The zero-order valence-corrected chi connectivity index (χ0v) is 34.8. The molecule has 0 aliphatic heterocycles. The van der Waals surface area contributed by atoms with Crippen molar-refractivity contribution in [3.05, 3.63) is 48.6 Å². The van der Waals surface area contributed by atoms with Crippen molar-refractivity contribution in [2.24, 2.45) is 0 Å². The van der Waals surface area contributed by atoms with Crippen LogP contribution in [0.5, 0.6) is 0 Å². The summed E-state index contributed by atoms with van der Waals surface area (Å²) in [5.74, 6) is -0.916. The number of rotatable bonds is 39. The van der Waals surface area contributed by atoms with Gasteiger partial charge in [-0.2, -0.15) is 0 Å². The van der Waals surface area contributed by atoms with Crippen LogP contribution in [0.2, 0.25) is 0 Å². The molecule has 0 spiro atoms. The quantitative estimate of drug-likeness (QED) is 0.0205. The minimum Gasteiger partial charge on any atom is -0.462 e. The summed E-state index contributed by atoms with van der Waals surface area (Å²) in [6.45, 7) is 6.43. The Hall–Kier alpha value is -2.63. The van der Waals surface area contributed by atoms with Crippen molar-refractivity contribution < 1.29 is 28.6 Å². The lowest BCUT2D eigenvalue weighted by Crippen LogP contribution is -2.30. The van der Waals surface area contributed by atoms with Crippen molar-refractivity contribution in [3.63, 3.8) is 0 Å². The molecule has 1 unspecified atom stereocenters. The third kappa shape index (κ3) is 40.4. The molecule has 0 rings (SSSR count). The van der Waals surface area contributed by atoms with E-state index in [1.54, 1.807) is 0 Å². The molecule has 0 aliphatic rings. The maximum Gasteiger partial charge on any atom is 0.306 e. The number of carbonyl (C=O) groups is 3. The summed E-state index contributed by atoms with van der Waals surface area (Å²) in [7, 11) is 0. The Bertz CT molecular complexity index is 949. The highest BCUT2D eigenvalue weighted by molar-refractivity contribution is 5.71. The van der Waals surface area contributed by atoms with Gasteiger partial charge in [-0.15, -0.1) is 0 Å². The van der Waals surface area contributed by atoms with Crippen molar-refractivity contribution in [1.82, 2.24) is 0 Å². The number of allylic oxidation sites excluding steroid dienone is 8. The predicted octanol–water partition coefficient (Wildman–Crippen LogP) is 14.0. The fraction of sp³-hybridized carbons (Fsp3) is 0.766. The van der Waals surface area contributed by atoms with E-state index in [1.165, 1.54) is 77.0 Å². The van der Waals surface area contributed by atoms with Crippen LogP contribution < -0.4 is 0 Å². The van der Waals surface area contributed by atoms with Gasteiger partial charge in [0.25, 0.3) is 0 Å². The Morgan fingerprint density at radius 2 is 0.755 bits per heavy atom. The first kappa shape index (κ1) is 50.4. The Morgan fingerprint density at radius 3 is 1.23 bits per heavy atom. The number of unbranched alkanes of at least 4 members (excludes halogenated alkanes) is 22.